The van der Waals surface area contributed by atoms with E-state index in [0.29, 0.717) is 25.1 Å². The Morgan fingerprint density at radius 1 is 1.33 bits per heavy atom. The number of aromatic nitrogens is 1. The van der Waals surface area contributed by atoms with Crippen LogP contribution < -0.4 is 15.4 Å². The molecule has 1 aliphatic rings. The standard InChI is InChI=1S/C19H33N5O2.HI/c1-4-21-19(22-8-11-26-17-6-5-7-20-14-17)23-15-18(16(2)3)24-9-12-25-13-10-24;/h5-7,14,16,18H,4,8-13,15H2,1-3H3,(H2,21,22,23);1H. The Hall–Kier alpha value is -1.13. The van der Waals surface area contributed by atoms with Crippen molar-refractivity contribution in [1.29, 1.82) is 0 Å². The number of morpholine rings is 1. The second-order valence-corrected chi connectivity index (χ2v) is 6.64. The SMILES string of the molecule is CCNC(=NCC(C(C)C)N1CCOCC1)NCCOc1cccnc1.I. The number of hydrogen-bond donors (Lipinski definition) is 2. The molecule has 0 bridgehead atoms. The van der Waals surface area contributed by atoms with Gasteiger partial charge < -0.3 is 20.1 Å². The van der Waals surface area contributed by atoms with E-state index in [1.54, 1.807) is 12.4 Å². The Morgan fingerprint density at radius 3 is 2.74 bits per heavy atom. The molecule has 8 heteroatoms. The largest absolute Gasteiger partial charge is 0.490 e. The Morgan fingerprint density at radius 2 is 2.11 bits per heavy atom. The fourth-order valence-corrected chi connectivity index (χ4v) is 2.95. The number of ether oxygens (including phenoxy) is 2. The van der Waals surface area contributed by atoms with Crippen LogP contribution in [0, 0.1) is 5.92 Å². The molecular formula is C19H34IN5O2. The van der Waals surface area contributed by atoms with Crippen LogP contribution in [-0.4, -0.2) is 74.4 Å². The summed E-state index contributed by atoms with van der Waals surface area (Å²) in [5, 5.41) is 6.64. The molecule has 0 aliphatic carbocycles. The van der Waals surface area contributed by atoms with E-state index in [1.807, 2.05) is 12.1 Å². The molecule has 0 radical (unpaired) electrons. The van der Waals surface area contributed by atoms with Crippen molar-refractivity contribution in [1.82, 2.24) is 20.5 Å². The molecule has 2 N–H and O–H groups in total. The molecule has 0 saturated carbocycles. The van der Waals surface area contributed by atoms with Gasteiger partial charge in [0.25, 0.3) is 0 Å². The van der Waals surface area contributed by atoms with Crippen molar-refractivity contribution in [3.63, 3.8) is 0 Å². The summed E-state index contributed by atoms with van der Waals surface area (Å²) in [6.07, 6.45) is 3.45. The van der Waals surface area contributed by atoms with Crippen LogP contribution in [0.3, 0.4) is 0 Å². The van der Waals surface area contributed by atoms with Crippen molar-refractivity contribution in [3.05, 3.63) is 24.5 Å². The molecule has 1 saturated heterocycles. The van der Waals surface area contributed by atoms with Crippen LogP contribution in [0.25, 0.3) is 0 Å². The highest BCUT2D eigenvalue weighted by Crippen LogP contribution is 2.13. The topological polar surface area (TPSA) is 71.0 Å². The van der Waals surface area contributed by atoms with Gasteiger partial charge in [-0.3, -0.25) is 14.9 Å². The van der Waals surface area contributed by atoms with E-state index < -0.39 is 0 Å². The summed E-state index contributed by atoms with van der Waals surface area (Å²) in [6, 6.07) is 4.20. The van der Waals surface area contributed by atoms with E-state index in [0.717, 1.165) is 51.1 Å². The molecule has 0 spiro atoms. The van der Waals surface area contributed by atoms with Crippen LogP contribution >= 0.6 is 24.0 Å². The Labute approximate surface area is 180 Å². The van der Waals surface area contributed by atoms with E-state index in [9.17, 15) is 0 Å². The number of halogens is 1. The number of guanidine groups is 1. The van der Waals surface area contributed by atoms with E-state index in [-0.39, 0.29) is 24.0 Å². The van der Waals surface area contributed by atoms with Gasteiger partial charge in [-0.15, -0.1) is 24.0 Å². The van der Waals surface area contributed by atoms with Gasteiger partial charge >= 0.3 is 0 Å². The Balaban J connectivity index is 0.00000364. The molecule has 1 unspecified atom stereocenters. The van der Waals surface area contributed by atoms with Gasteiger partial charge in [0.15, 0.2) is 5.96 Å². The van der Waals surface area contributed by atoms with Crippen molar-refractivity contribution < 1.29 is 9.47 Å². The number of nitrogens with one attached hydrogen (secondary N) is 2. The van der Waals surface area contributed by atoms with Gasteiger partial charge in [-0.1, -0.05) is 13.8 Å². The zero-order valence-electron chi connectivity index (χ0n) is 16.7. The third kappa shape index (κ3) is 9.07. The fraction of sp³-hybridized carbons (Fsp3) is 0.684. The Kier molecular flexibility index (Phi) is 12.4. The first-order chi connectivity index (χ1) is 12.7. The van der Waals surface area contributed by atoms with Crippen LogP contribution in [0.4, 0.5) is 0 Å². The summed E-state index contributed by atoms with van der Waals surface area (Å²) in [7, 11) is 0. The lowest BCUT2D eigenvalue weighted by Gasteiger charge is -2.36. The molecule has 2 heterocycles. The summed E-state index contributed by atoms with van der Waals surface area (Å²) in [6.45, 7) is 13.1. The van der Waals surface area contributed by atoms with Gasteiger partial charge in [-0.25, -0.2) is 0 Å². The summed E-state index contributed by atoms with van der Waals surface area (Å²) in [5.41, 5.74) is 0. The minimum Gasteiger partial charge on any atom is -0.490 e. The molecule has 0 aromatic carbocycles. The minimum absolute atomic E-state index is 0. The maximum atomic E-state index is 5.66. The number of aliphatic imine (C=N–C) groups is 1. The Bertz CT molecular complexity index is 524. The lowest BCUT2D eigenvalue weighted by molar-refractivity contribution is 0.00867. The molecule has 1 aromatic heterocycles. The van der Waals surface area contributed by atoms with E-state index in [1.165, 1.54) is 0 Å². The lowest BCUT2D eigenvalue weighted by Crippen LogP contribution is -2.48. The number of hydrogen-bond acceptors (Lipinski definition) is 5. The molecule has 7 nitrogen and oxygen atoms in total. The third-order valence-electron chi connectivity index (χ3n) is 4.36. The summed E-state index contributed by atoms with van der Waals surface area (Å²) >= 11 is 0. The number of rotatable bonds is 9. The van der Waals surface area contributed by atoms with Crippen LogP contribution in [0.2, 0.25) is 0 Å². The summed E-state index contributed by atoms with van der Waals surface area (Å²) in [5.74, 6) is 2.17. The van der Waals surface area contributed by atoms with Crippen molar-refractivity contribution >= 4 is 29.9 Å². The first-order valence-corrected chi connectivity index (χ1v) is 9.57. The highest BCUT2D eigenvalue weighted by molar-refractivity contribution is 14.0. The van der Waals surface area contributed by atoms with Crippen molar-refractivity contribution in [3.8, 4) is 5.75 Å². The average molecular weight is 491 g/mol. The third-order valence-corrected chi connectivity index (χ3v) is 4.36. The molecule has 0 amide bonds. The van der Waals surface area contributed by atoms with Crippen LogP contribution in [0.1, 0.15) is 20.8 Å². The monoisotopic (exact) mass is 491 g/mol. The van der Waals surface area contributed by atoms with Crippen molar-refractivity contribution in [2.24, 2.45) is 10.9 Å². The van der Waals surface area contributed by atoms with Gasteiger partial charge in [0, 0.05) is 31.9 Å². The molecule has 1 atom stereocenters. The quantitative estimate of drug-likeness (QED) is 0.238. The van der Waals surface area contributed by atoms with Gasteiger partial charge in [-0.05, 0) is 25.0 Å². The maximum absolute atomic E-state index is 5.66. The van der Waals surface area contributed by atoms with Gasteiger partial charge in [0.05, 0.1) is 32.5 Å². The summed E-state index contributed by atoms with van der Waals surface area (Å²) < 4.78 is 11.1. The van der Waals surface area contributed by atoms with Crippen LogP contribution in [-0.2, 0) is 4.74 Å². The smallest absolute Gasteiger partial charge is 0.191 e. The second kappa shape index (κ2) is 14.0. The van der Waals surface area contributed by atoms with Gasteiger partial charge in [-0.2, -0.15) is 0 Å². The molecule has 2 rings (SSSR count). The van der Waals surface area contributed by atoms with Crippen LogP contribution in [0.5, 0.6) is 5.75 Å². The second-order valence-electron chi connectivity index (χ2n) is 6.64. The normalized spacial score (nSPS) is 16.5. The average Bonchev–Trinajstić information content (AvgIpc) is 2.66. The highest BCUT2D eigenvalue weighted by atomic mass is 127. The van der Waals surface area contributed by atoms with E-state index in [2.05, 4.69) is 41.3 Å². The van der Waals surface area contributed by atoms with Gasteiger partial charge in [0.2, 0.25) is 0 Å². The predicted molar refractivity (Wildman–Crippen MR) is 120 cm³/mol. The molecule has 27 heavy (non-hydrogen) atoms. The van der Waals surface area contributed by atoms with Crippen molar-refractivity contribution in [2.45, 2.75) is 26.8 Å². The molecular weight excluding hydrogens is 457 g/mol. The van der Waals surface area contributed by atoms with E-state index >= 15 is 0 Å². The summed E-state index contributed by atoms with van der Waals surface area (Å²) in [4.78, 5) is 11.3. The molecule has 154 valence electrons. The molecule has 1 fully saturated rings. The maximum Gasteiger partial charge on any atom is 0.191 e. The predicted octanol–water partition coefficient (Wildman–Crippen LogP) is 1.99. The fourth-order valence-electron chi connectivity index (χ4n) is 2.95. The first-order valence-electron chi connectivity index (χ1n) is 9.57. The molecule has 1 aromatic rings. The lowest BCUT2D eigenvalue weighted by atomic mass is 10.0. The molecule has 1 aliphatic heterocycles. The van der Waals surface area contributed by atoms with Gasteiger partial charge in [0.1, 0.15) is 12.4 Å². The van der Waals surface area contributed by atoms with Crippen molar-refractivity contribution in [2.75, 3.05) is 52.5 Å². The first kappa shape index (κ1) is 23.9. The van der Waals surface area contributed by atoms with E-state index in [4.69, 9.17) is 14.5 Å². The van der Waals surface area contributed by atoms with Crippen LogP contribution in [0.15, 0.2) is 29.5 Å². The zero-order chi connectivity index (χ0) is 18.6. The minimum atomic E-state index is 0. The zero-order valence-corrected chi connectivity index (χ0v) is 19.0. The highest BCUT2D eigenvalue weighted by Gasteiger charge is 2.23. The number of pyridine rings is 1. The number of nitrogens with zero attached hydrogens (tertiary/aromatic N) is 3.